The van der Waals surface area contributed by atoms with Crippen molar-refractivity contribution in [1.82, 2.24) is 5.32 Å². The number of nitro groups is 1. The molecule has 0 aliphatic heterocycles. The molecule has 0 saturated heterocycles. The Labute approximate surface area is 123 Å². The lowest BCUT2D eigenvalue weighted by Gasteiger charge is -2.17. The number of nitrogens with zero attached hydrogens (tertiary/aromatic N) is 1. The molecule has 1 aromatic carbocycles. The number of benzene rings is 1. The maximum absolute atomic E-state index is 10.7. The average Bonchev–Trinajstić information content (AvgIpc) is 2.41. The van der Waals surface area contributed by atoms with Crippen molar-refractivity contribution in [2.75, 3.05) is 19.8 Å². The van der Waals surface area contributed by atoms with Gasteiger partial charge >= 0.3 is 0 Å². The van der Waals surface area contributed by atoms with E-state index in [1.165, 1.54) is 18.2 Å². The normalized spacial score (nSPS) is 11.0. The van der Waals surface area contributed by atoms with Gasteiger partial charge in [-0.15, -0.1) is 0 Å². The van der Waals surface area contributed by atoms with Gasteiger partial charge in [-0.1, -0.05) is 11.6 Å². The highest BCUT2D eigenvalue weighted by Gasteiger charge is 2.11. The summed E-state index contributed by atoms with van der Waals surface area (Å²) in [6.07, 6.45) is -0.331. The second-order valence-corrected chi connectivity index (χ2v) is 4.41. The summed E-state index contributed by atoms with van der Waals surface area (Å²) < 4.78 is 10.8. The van der Waals surface area contributed by atoms with E-state index in [1.807, 2.05) is 13.8 Å². The number of halogens is 1. The fourth-order valence-corrected chi connectivity index (χ4v) is 1.86. The fraction of sp³-hybridized carbons (Fsp3) is 0.538. The Hall–Kier alpha value is -1.21. The molecular weight excluding hydrogens is 284 g/mol. The summed E-state index contributed by atoms with van der Waals surface area (Å²) in [6, 6.07) is 4.37. The quantitative estimate of drug-likeness (QED) is 0.431. The average molecular weight is 303 g/mol. The van der Waals surface area contributed by atoms with Crippen molar-refractivity contribution in [3.8, 4) is 0 Å². The van der Waals surface area contributed by atoms with Gasteiger partial charge in [0.25, 0.3) is 5.69 Å². The first-order valence-corrected chi connectivity index (χ1v) is 6.83. The van der Waals surface area contributed by atoms with Crippen LogP contribution in [0.4, 0.5) is 5.69 Å². The summed E-state index contributed by atoms with van der Waals surface area (Å²) in [5.74, 6) is 0. The summed E-state index contributed by atoms with van der Waals surface area (Å²) in [5, 5.41) is 14.3. The van der Waals surface area contributed by atoms with E-state index in [0.717, 1.165) is 0 Å². The van der Waals surface area contributed by atoms with Gasteiger partial charge in [0.1, 0.15) is 0 Å². The van der Waals surface area contributed by atoms with Crippen molar-refractivity contribution >= 4 is 17.3 Å². The van der Waals surface area contributed by atoms with Crippen LogP contribution in [0, 0.1) is 10.1 Å². The Morgan fingerprint density at radius 2 is 2.00 bits per heavy atom. The minimum atomic E-state index is -0.441. The number of ether oxygens (including phenoxy) is 2. The second-order valence-electron chi connectivity index (χ2n) is 4.00. The fourth-order valence-electron chi connectivity index (χ4n) is 1.67. The van der Waals surface area contributed by atoms with E-state index in [4.69, 9.17) is 21.1 Å². The Morgan fingerprint density at radius 1 is 1.35 bits per heavy atom. The smallest absolute Gasteiger partial charge is 0.269 e. The molecule has 0 aromatic heterocycles. The van der Waals surface area contributed by atoms with Gasteiger partial charge in [0.2, 0.25) is 0 Å². The van der Waals surface area contributed by atoms with Crippen molar-refractivity contribution in [3.63, 3.8) is 0 Å². The van der Waals surface area contributed by atoms with E-state index in [2.05, 4.69) is 5.32 Å². The third-order valence-electron chi connectivity index (χ3n) is 2.57. The molecule has 20 heavy (non-hydrogen) atoms. The van der Waals surface area contributed by atoms with Crippen molar-refractivity contribution in [3.05, 3.63) is 38.9 Å². The van der Waals surface area contributed by atoms with E-state index in [-0.39, 0.29) is 12.0 Å². The van der Waals surface area contributed by atoms with Crippen LogP contribution in [0.1, 0.15) is 19.4 Å². The zero-order chi connectivity index (χ0) is 15.0. The second kappa shape index (κ2) is 8.86. The molecule has 0 bridgehead atoms. The molecule has 1 rings (SSSR count). The summed E-state index contributed by atoms with van der Waals surface area (Å²) in [4.78, 5) is 10.3. The van der Waals surface area contributed by atoms with Crippen molar-refractivity contribution in [2.24, 2.45) is 0 Å². The van der Waals surface area contributed by atoms with Crippen molar-refractivity contribution in [2.45, 2.75) is 26.7 Å². The largest absolute Gasteiger partial charge is 0.352 e. The van der Waals surface area contributed by atoms with Crippen LogP contribution in [0.15, 0.2) is 18.2 Å². The van der Waals surface area contributed by atoms with Crippen LogP contribution >= 0.6 is 11.6 Å². The molecule has 0 spiro atoms. The number of hydrogen-bond acceptors (Lipinski definition) is 5. The van der Waals surface area contributed by atoms with Gasteiger partial charge in [-0.3, -0.25) is 10.1 Å². The Morgan fingerprint density at radius 3 is 2.55 bits per heavy atom. The maximum Gasteiger partial charge on any atom is 0.269 e. The van der Waals surface area contributed by atoms with Crippen LogP contribution in [0.3, 0.4) is 0 Å². The zero-order valence-electron chi connectivity index (χ0n) is 11.6. The Kier molecular flexibility index (Phi) is 7.46. The van der Waals surface area contributed by atoms with E-state index in [9.17, 15) is 10.1 Å². The minimum Gasteiger partial charge on any atom is -0.352 e. The van der Waals surface area contributed by atoms with Crippen LogP contribution in [-0.2, 0) is 16.0 Å². The predicted octanol–water partition coefficient (Wildman–Crippen LogP) is 2.74. The van der Waals surface area contributed by atoms with Gasteiger partial charge in [0.05, 0.1) is 4.92 Å². The van der Waals surface area contributed by atoms with Gasteiger partial charge in [-0.2, -0.15) is 0 Å². The number of nitro benzene ring substituents is 1. The SMILES string of the molecule is CCOC(CNCc1cc([N+](=O)[O-])ccc1Cl)OCC. The lowest BCUT2D eigenvalue weighted by atomic mass is 10.2. The number of nitrogens with one attached hydrogen (secondary N) is 1. The molecule has 6 nitrogen and oxygen atoms in total. The van der Waals surface area contributed by atoms with E-state index in [1.54, 1.807) is 0 Å². The third-order valence-corrected chi connectivity index (χ3v) is 2.94. The summed E-state index contributed by atoms with van der Waals surface area (Å²) in [5.41, 5.74) is 0.699. The minimum absolute atomic E-state index is 0.0253. The van der Waals surface area contributed by atoms with Gasteiger partial charge in [-0.25, -0.2) is 0 Å². The van der Waals surface area contributed by atoms with Gasteiger partial charge in [-0.05, 0) is 25.5 Å². The van der Waals surface area contributed by atoms with E-state index in [0.29, 0.717) is 36.9 Å². The lowest BCUT2D eigenvalue weighted by molar-refractivity contribution is -0.384. The molecule has 0 unspecified atom stereocenters. The molecule has 7 heteroatoms. The predicted molar refractivity (Wildman–Crippen MR) is 76.9 cm³/mol. The standard InChI is InChI=1S/C13H19ClN2O4/c1-3-19-13(20-4-2)9-15-8-10-7-11(16(17)18)5-6-12(10)14/h5-7,13,15H,3-4,8-9H2,1-2H3. The van der Waals surface area contributed by atoms with Crippen LogP contribution in [0.2, 0.25) is 5.02 Å². The van der Waals surface area contributed by atoms with Gasteiger partial charge < -0.3 is 14.8 Å². The van der Waals surface area contributed by atoms with Crippen LogP contribution in [-0.4, -0.2) is 31.0 Å². The van der Waals surface area contributed by atoms with Gasteiger partial charge in [0, 0.05) is 43.5 Å². The van der Waals surface area contributed by atoms with Gasteiger partial charge in [0.15, 0.2) is 6.29 Å². The van der Waals surface area contributed by atoms with Crippen molar-refractivity contribution in [1.29, 1.82) is 0 Å². The molecule has 0 saturated carbocycles. The first-order chi connectivity index (χ1) is 9.58. The number of hydrogen-bond donors (Lipinski definition) is 1. The number of rotatable bonds is 9. The third kappa shape index (κ3) is 5.42. The highest BCUT2D eigenvalue weighted by molar-refractivity contribution is 6.31. The van der Waals surface area contributed by atoms with E-state index < -0.39 is 4.92 Å². The number of non-ortho nitro benzene ring substituents is 1. The molecule has 112 valence electrons. The molecule has 0 radical (unpaired) electrons. The highest BCUT2D eigenvalue weighted by Crippen LogP contribution is 2.21. The molecule has 1 N–H and O–H groups in total. The Balaban J connectivity index is 2.56. The molecule has 0 fully saturated rings. The molecular formula is C13H19ClN2O4. The van der Waals surface area contributed by atoms with Crippen LogP contribution < -0.4 is 5.32 Å². The lowest BCUT2D eigenvalue weighted by Crippen LogP contribution is -2.31. The molecule has 0 heterocycles. The molecule has 0 atom stereocenters. The molecule has 0 aliphatic rings. The topological polar surface area (TPSA) is 73.6 Å². The summed E-state index contributed by atoms with van der Waals surface area (Å²) >= 11 is 6.01. The first kappa shape index (κ1) is 16.8. The molecule has 1 aromatic rings. The monoisotopic (exact) mass is 302 g/mol. The Bertz CT molecular complexity index is 436. The summed E-state index contributed by atoms with van der Waals surface area (Å²) in [7, 11) is 0. The summed E-state index contributed by atoms with van der Waals surface area (Å²) in [6.45, 7) is 5.80. The molecule has 0 amide bonds. The zero-order valence-corrected chi connectivity index (χ0v) is 12.4. The first-order valence-electron chi connectivity index (χ1n) is 6.45. The van der Waals surface area contributed by atoms with Crippen molar-refractivity contribution < 1.29 is 14.4 Å². The highest BCUT2D eigenvalue weighted by atomic mass is 35.5. The maximum atomic E-state index is 10.7. The van der Waals surface area contributed by atoms with Crippen LogP contribution in [0.25, 0.3) is 0 Å². The molecule has 0 aliphatic carbocycles. The van der Waals surface area contributed by atoms with Crippen LogP contribution in [0.5, 0.6) is 0 Å². The van der Waals surface area contributed by atoms with E-state index >= 15 is 0 Å².